The highest BCUT2D eigenvalue weighted by molar-refractivity contribution is 5.89. The minimum atomic E-state index is -0.436. The van der Waals surface area contributed by atoms with Crippen molar-refractivity contribution in [1.82, 2.24) is 9.78 Å². The Kier molecular flexibility index (Phi) is 5.35. The van der Waals surface area contributed by atoms with E-state index in [1.165, 1.54) is 12.7 Å². The highest BCUT2D eigenvalue weighted by atomic mass is 16.5. The largest absolute Gasteiger partial charge is 0.464 e. The molecule has 0 saturated carbocycles. The molecule has 30 heavy (non-hydrogen) atoms. The lowest BCUT2D eigenvalue weighted by Gasteiger charge is -2.07. The van der Waals surface area contributed by atoms with Crippen molar-refractivity contribution in [1.29, 1.82) is 0 Å². The average molecular weight is 398 g/mol. The number of hydrogen-bond acceptors (Lipinski definition) is 4. The molecule has 0 radical (unpaired) electrons. The van der Waals surface area contributed by atoms with Crippen LogP contribution in [0.1, 0.15) is 21.6 Å². The van der Waals surface area contributed by atoms with Gasteiger partial charge in [-0.2, -0.15) is 5.10 Å². The number of aromatic nitrogens is 2. The zero-order valence-electron chi connectivity index (χ0n) is 17.1. The van der Waals surface area contributed by atoms with Gasteiger partial charge in [0.2, 0.25) is 0 Å². The molecule has 0 bridgehead atoms. The number of ether oxygens (including phenoxy) is 2. The van der Waals surface area contributed by atoms with Crippen LogP contribution in [0, 0.1) is 13.8 Å². The first-order chi connectivity index (χ1) is 14.5. The molecule has 0 spiro atoms. The molecule has 0 N–H and O–H groups in total. The number of carbonyl (C=O) groups is 1. The van der Waals surface area contributed by atoms with Gasteiger partial charge < -0.3 is 9.47 Å². The predicted octanol–water partition coefficient (Wildman–Crippen LogP) is 5.74. The maximum absolute atomic E-state index is 12.3. The molecular formula is C25H22N2O3. The molecule has 0 atom stereocenters. The van der Waals surface area contributed by atoms with Crippen molar-refractivity contribution in [2.75, 3.05) is 7.11 Å². The Morgan fingerprint density at radius 3 is 1.90 bits per heavy atom. The van der Waals surface area contributed by atoms with E-state index < -0.39 is 5.97 Å². The van der Waals surface area contributed by atoms with Gasteiger partial charge in [-0.15, -0.1) is 0 Å². The molecule has 0 unspecified atom stereocenters. The highest BCUT2D eigenvalue weighted by Gasteiger charge is 2.18. The van der Waals surface area contributed by atoms with E-state index >= 15 is 0 Å². The van der Waals surface area contributed by atoms with Crippen LogP contribution >= 0.6 is 0 Å². The van der Waals surface area contributed by atoms with Crippen LogP contribution in [0.3, 0.4) is 0 Å². The van der Waals surface area contributed by atoms with E-state index in [0.29, 0.717) is 11.4 Å². The van der Waals surface area contributed by atoms with E-state index in [1.54, 1.807) is 10.7 Å². The summed E-state index contributed by atoms with van der Waals surface area (Å²) in [6, 6.07) is 25.1. The van der Waals surface area contributed by atoms with Crippen molar-refractivity contribution in [3.05, 3.63) is 95.7 Å². The van der Waals surface area contributed by atoms with E-state index in [0.717, 1.165) is 28.3 Å². The first-order valence-electron chi connectivity index (χ1n) is 9.64. The minimum Gasteiger partial charge on any atom is -0.464 e. The first-order valence-corrected chi connectivity index (χ1v) is 9.64. The van der Waals surface area contributed by atoms with Crippen molar-refractivity contribution in [3.8, 4) is 28.4 Å². The van der Waals surface area contributed by atoms with Gasteiger partial charge >= 0.3 is 5.97 Å². The molecule has 1 heterocycles. The smallest absolute Gasteiger partial charge is 0.356 e. The summed E-state index contributed by atoms with van der Waals surface area (Å²) in [7, 11) is 1.37. The second-order valence-corrected chi connectivity index (χ2v) is 7.09. The second kappa shape index (κ2) is 8.25. The fourth-order valence-electron chi connectivity index (χ4n) is 3.09. The summed E-state index contributed by atoms with van der Waals surface area (Å²) in [6.07, 6.45) is 0. The Morgan fingerprint density at radius 2 is 1.33 bits per heavy atom. The molecule has 0 fully saturated rings. The summed E-state index contributed by atoms with van der Waals surface area (Å²) >= 11 is 0. The summed E-state index contributed by atoms with van der Waals surface area (Å²) in [4.78, 5) is 12.3. The standard InChI is InChI=1S/C25H22N2O3/c1-17-4-10-20(11-5-17)27-24(25(28)29-3)16-23(26-27)19-8-14-22(15-9-19)30-21-12-6-18(2)7-13-21/h4-16H,1-3H3. The van der Waals surface area contributed by atoms with E-state index in [4.69, 9.17) is 9.47 Å². The Balaban J connectivity index is 1.64. The highest BCUT2D eigenvalue weighted by Crippen LogP contribution is 2.27. The zero-order chi connectivity index (χ0) is 21.1. The van der Waals surface area contributed by atoms with Gasteiger partial charge in [0.15, 0.2) is 5.69 Å². The number of methoxy groups -OCH3 is 1. The second-order valence-electron chi connectivity index (χ2n) is 7.09. The van der Waals surface area contributed by atoms with Gasteiger partial charge in [0.05, 0.1) is 18.5 Å². The maximum Gasteiger partial charge on any atom is 0.356 e. The Hall–Kier alpha value is -3.86. The van der Waals surface area contributed by atoms with Crippen LogP contribution in [0.25, 0.3) is 16.9 Å². The third-order valence-electron chi connectivity index (χ3n) is 4.79. The Morgan fingerprint density at radius 1 is 0.800 bits per heavy atom. The van der Waals surface area contributed by atoms with Crippen molar-refractivity contribution in [2.45, 2.75) is 13.8 Å². The fourth-order valence-corrected chi connectivity index (χ4v) is 3.09. The molecular weight excluding hydrogens is 376 g/mol. The Labute approximate surface area is 175 Å². The van der Waals surface area contributed by atoms with Crippen molar-refractivity contribution in [3.63, 3.8) is 0 Å². The zero-order valence-corrected chi connectivity index (χ0v) is 17.1. The molecule has 0 aliphatic rings. The first kappa shape index (κ1) is 19.5. The molecule has 4 aromatic rings. The van der Waals surface area contributed by atoms with Gasteiger partial charge in [0.1, 0.15) is 11.5 Å². The van der Waals surface area contributed by atoms with Gasteiger partial charge in [-0.25, -0.2) is 9.48 Å². The molecule has 5 nitrogen and oxygen atoms in total. The van der Waals surface area contributed by atoms with E-state index in [-0.39, 0.29) is 0 Å². The quantitative estimate of drug-likeness (QED) is 0.403. The van der Waals surface area contributed by atoms with Crippen LogP contribution in [0.2, 0.25) is 0 Å². The van der Waals surface area contributed by atoms with Crippen LogP contribution in [0.4, 0.5) is 0 Å². The number of carbonyl (C=O) groups excluding carboxylic acids is 1. The van der Waals surface area contributed by atoms with Crippen LogP contribution in [0.5, 0.6) is 11.5 Å². The third-order valence-corrected chi connectivity index (χ3v) is 4.79. The predicted molar refractivity (Wildman–Crippen MR) is 116 cm³/mol. The lowest BCUT2D eigenvalue weighted by atomic mass is 10.1. The average Bonchev–Trinajstić information content (AvgIpc) is 3.21. The van der Waals surface area contributed by atoms with Gasteiger partial charge in [-0.05, 0) is 68.4 Å². The summed E-state index contributed by atoms with van der Waals surface area (Å²) in [5.74, 6) is 1.08. The van der Waals surface area contributed by atoms with Gasteiger partial charge in [-0.3, -0.25) is 0 Å². The lowest BCUT2D eigenvalue weighted by molar-refractivity contribution is 0.0590. The number of esters is 1. The molecule has 0 aliphatic heterocycles. The topological polar surface area (TPSA) is 53.4 Å². The summed E-state index contributed by atoms with van der Waals surface area (Å²) in [5, 5.41) is 4.65. The van der Waals surface area contributed by atoms with Crippen LogP contribution in [0.15, 0.2) is 78.9 Å². The number of benzene rings is 3. The summed E-state index contributed by atoms with van der Waals surface area (Å²) in [5.41, 5.74) is 5.04. The van der Waals surface area contributed by atoms with E-state index in [2.05, 4.69) is 5.10 Å². The molecule has 1 aromatic heterocycles. The van der Waals surface area contributed by atoms with Crippen molar-refractivity contribution >= 4 is 5.97 Å². The number of nitrogens with zero attached hydrogens (tertiary/aromatic N) is 2. The van der Waals surface area contributed by atoms with Crippen LogP contribution in [-0.2, 0) is 4.74 Å². The lowest BCUT2D eigenvalue weighted by Crippen LogP contribution is -2.10. The van der Waals surface area contributed by atoms with E-state index in [1.807, 2.05) is 86.6 Å². The number of aryl methyl sites for hydroxylation is 2. The van der Waals surface area contributed by atoms with Crippen molar-refractivity contribution in [2.24, 2.45) is 0 Å². The van der Waals surface area contributed by atoms with Crippen LogP contribution < -0.4 is 4.74 Å². The fraction of sp³-hybridized carbons (Fsp3) is 0.120. The summed E-state index contributed by atoms with van der Waals surface area (Å²) in [6.45, 7) is 4.05. The molecule has 5 heteroatoms. The third kappa shape index (κ3) is 4.10. The number of rotatable bonds is 5. The van der Waals surface area contributed by atoms with Gasteiger partial charge in [0, 0.05) is 5.56 Å². The molecule has 4 rings (SSSR count). The minimum absolute atomic E-state index is 0.372. The van der Waals surface area contributed by atoms with Gasteiger partial charge in [-0.1, -0.05) is 35.4 Å². The monoisotopic (exact) mass is 398 g/mol. The molecule has 0 aliphatic carbocycles. The maximum atomic E-state index is 12.3. The van der Waals surface area contributed by atoms with Gasteiger partial charge in [0.25, 0.3) is 0 Å². The van der Waals surface area contributed by atoms with Crippen LogP contribution in [-0.4, -0.2) is 22.9 Å². The Bertz CT molecular complexity index is 1160. The van der Waals surface area contributed by atoms with E-state index in [9.17, 15) is 4.79 Å². The SMILES string of the molecule is COC(=O)c1cc(-c2ccc(Oc3ccc(C)cc3)cc2)nn1-c1ccc(C)cc1. The number of hydrogen-bond donors (Lipinski definition) is 0. The molecule has 150 valence electrons. The normalized spacial score (nSPS) is 10.6. The molecule has 0 saturated heterocycles. The van der Waals surface area contributed by atoms with Crippen molar-refractivity contribution < 1.29 is 14.3 Å². The molecule has 3 aromatic carbocycles. The summed E-state index contributed by atoms with van der Waals surface area (Å²) < 4.78 is 12.4. The molecule has 0 amide bonds.